The fraction of sp³-hybridized carbons (Fsp3) is 0.304. The van der Waals surface area contributed by atoms with Gasteiger partial charge in [-0.05, 0) is 43.7 Å². The number of aromatic hydroxyl groups is 1. The molecule has 2 heterocycles. The molecule has 0 aliphatic rings. The highest BCUT2D eigenvalue weighted by Crippen LogP contribution is 2.33. The van der Waals surface area contributed by atoms with Crippen LogP contribution < -0.4 is 10.1 Å². The van der Waals surface area contributed by atoms with Gasteiger partial charge in [0.15, 0.2) is 5.78 Å². The number of carbonyl (C=O) groups excluding carboxylic acids is 2. The molecule has 0 unspecified atom stereocenters. The fourth-order valence-corrected chi connectivity index (χ4v) is 3.13. The monoisotopic (exact) mass is 466 g/mol. The number of esters is 1. The molecule has 2 aromatic heterocycles. The van der Waals surface area contributed by atoms with Gasteiger partial charge >= 0.3 is 5.97 Å². The zero-order valence-electron chi connectivity index (χ0n) is 19.2. The average Bonchev–Trinajstić information content (AvgIpc) is 3.35. The lowest BCUT2D eigenvalue weighted by molar-refractivity contribution is -0.136. The van der Waals surface area contributed by atoms with Crippen LogP contribution >= 0.6 is 0 Å². The summed E-state index contributed by atoms with van der Waals surface area (Å²) in [5.41, 5.74) is 1.78. The van der Waals surface area contributed by atoms with E-state index < -0.39 is 5.97 Å². The maximum absolute atomic E-state index is 12.2. The van der Waals surface area contributed by atoms with E-state index in [1.54, 1.807) is 31.3 Å². The third-order valence-electron chi connectivity index (χ3n) is 4.78. The first kappa shape index (κ1) is 24.4. The molecular formula is C23H26N6O5. The number of anilines is 1. The third-order valence-corrected chi connectivity index (χ3v) is 4.78. The van der Waals surface area contributed by atoms with Gasteiger partial charge in [0.2, 0.25) is 5.82 Å². The zero-order valence-corrected chi connectivity index (χ0v) is 19.2. The standard InChI is InChI=1S/C23H26N6O5/c1-4-6-17-19(9-8-16(14(3)30)21(17)31)34-13-15-7-10-20(24-11-15)25-12-18(23(32)33-5-2)22-26-28-29-27-22/h7-12,31H,4-6,13H2,1-3H3,(H,24,25)(H,26,27,28,29). The first-order chi connectivity index (χ1) is 16.4. The number of tetrazole rings is 1. The predicted octanol–water partition coefficient (Wildman–Crippen LogP) is 3.05. The summed E-state index contributed by atoms with van der Waals surface area (Å²) in [4.78, 5) is 28.2. The summed E-state index contributed by atoms with van der Waals surface area (Å²) in [5, 5.41) is 26.8. The number of aromatic nitrogens is 5. The molecule has 3 aromatic rings. The van der Waals surface area contributed by atoms with Crippen LogP contribution in [0.25, 0.3) is 5.57 Å². The second kappa shape index (κ2) is 11.5. The van der Waals surface area contributed by atoms with E-state index in [-0.39, 0.29) is 41.7 Å². The minimum Gasteiger partial charge on any atom is -0.507 e. The molecule has 11 heteroatoms. The van der Waals surface area contributed by atoms with Gasteiger partial charge in [0.05, 0.1) is 12.2 Å². The van der Waals surface area contributed by atoms with E-state index in [1.807, 2.05) is 13.0 Å². The highest BCUT2D eigenvalue weighted by atomic mass is 16.5. The highest BCUT2D eigenvalue weighted by Gasteiger charge is 2.18. The van der Waals surface area contributed by atoms with Crippen LogP contribution in [0.3, 0.4) is 0 Å². The Hall–Kier alpha value is -4.28. The van der Waals surface area contributed by atoms with Gasteiger partial charge in [-0.25, -0.2) is 9.78 Å². The first-order valence-electron chi connectivity index (χ1n) is 10.8. The van der Waals surface area contributed by atoms with E-state index in [9.17, 15) is 14.7 Å². The molecule has 3 rings (SSSR count). The highest BCUT2D eigenvalue weighted by molar-refractivity contribution is 6.15. The van der Waals surface area contributed by atoms with Crippen LogP contribution in [0, 0.1) is 0 Å². The SMILES string of the molecule is CCCc1c(OCc2ccc(NC=C(C(=O)OCC)c3nn[nH]n3)nc2)ccc(C(C)=O)c1O. The molecule has 0 saturated carbocycles. The van der Waals surface area contributed by atoms with Crippen molar-refractivity contribution in [2.24, 2.45) is 0 Å². The van der Waals surface area contributed by atoms with E-state index in [4.69, 9.17) is 9.47 Å². The molecule has 0 saturated heterocycles. The number of benzene rings is 1. The topological polar surface area (TPSA) is 152 Å². The van der Waals surface area contributed by atoms with E-state index in [0.717, 1.165) is 12.0 Å². The number of ether oxygens (including phenoxy) is 2. The Morgan fingerprint density at radius 3 is 2.65 bits per heavy atom. The summed E-state index contributed by atoms with van der Waals surface area (Å²) in [6, 6.07) is 6.79. The number of pyridine rings is 1. The van der Waals surface area contributed by atoms with Crippen LogP contribution in [0.4, 0.5) is 5.82 Å². The Bertz CT molecular complexity index is 1160. The third kappa shape index (κ3) is 5.94. The van der Waals surface area contributed by atoms with Crippen LogP contribution in [0.1, 0.15) is 54.5 Å². The lowest BCUT2D eigenvalue weighted by Gasteiger charge is -2.14. The van der Waals surface area contributed by atoms with E-state index in [2.05, 4.69) is 30.9 Å². The molecule has 34 heavy (non-hydrogen) atoms. The lowest BCUT2D eigenvalue weighted by atomic mass is 10.0. The molecule has 0 fully saturated rings. The molecule has 0 spiro atoms. The summed E-state index contributed by atoms with van der Waals surface area (Å²) in [6.07, 6.45) is 4.40. The van der Waals surface area contributed by atoms with Crippen LogP contribution in [0.5, 0.6) is 11.5 Å². The minimum atomic E-state index is -0.594. The smallest absolute Gasteiger partial charge is 0.343 e. The summed E-state index contributed by atoms with van der Waals surface area (Å²) in [5.74, 6) is 0.266. The molecule has 0 aliphatic heterocycles. The molecular weight excluding hydrogens is 440 g/mol. The number of carbonyl (C=O) groups is 2. The van der Waals surface area contributed by atoms with Crippen molar-refractivity contribution in [3.63, 3.8) is 0 Å². The number of rotatable bonds is 11. The van der Waals surface area contributed by atoms with Gasteiger partial charge in [-0.3, -0.25) is 4.79 Å². The quantitative estimate of drug-likeness (QED) is 0.218. The number of ketones is 1. The van der Waals surface area contributed by atoms with Gasteiger partial charge in [0.1, 0.15) is 29.5 Å². The number of hydrogen-bond donors (Lipinski definition) is 3. The number of aromatic amines is 1. The van der Waals surface area contributed by atoms with Crippen molar-refractivity contribution in [1.29, 1.82) is 0 Å². The van der Waals surface area contributed by atoms with Gasteiger partial charge in [-0.1, -0.05) is 19.4 Å². The molecule has 11 nitrogen and oxygen atoms in total. The molecule has 0 aliphatic carbocycles. The van der Waals surface area contributed by atoms with Crippen molar-refractivity contribution in [1.82, 2.24) is 25.6 Å². The Balaban J connectivity index is 1.69. The number of hydrogen-bond acceptors (Lipinski definition) is 10. The molecule has 1 aromatic carbocycles. The van der Waals surface area contributed by atoms with Crippen molar-refractivity contribution < 1.29 is 24.2 Å². The second-order valence-corrected chi connectivity index (χ2v) is 7.24. The van der Waals surface area contributed by atoms with Crippen molar-refractivity contribution in [2.75, 3.05) is 11.9 Å². The maximum atomic E-state index is 12.2. The molecule has 0 amide bonds. The first-order valence-corrected chi connectivity index (χ1v) is 10.8. The molecule has 3 N–H and O–H groups in total. The number of phenols is 1. The summed E-state index contributed by atoms with van der Waals surface area (Å²) in [7, 11) is 0. The minimum absolute atomic E-state index is 0.0321. The van der Waals surface area contributed by atoms with Crippen LogP contribution in [-0.2, 0) is 22.6 Å². The van der Waals surface area contributed by atoms with E-state index in [0.29, 0.717) is 23.6 Å². The van der Waals surface area contributed by atoms with E-state index in [1.165, 1.54) is 13.1 Å². The van der Waals surface area contributed by atoms with Crippen molar-refractivity contribution in [3.8, 4) is 11.5 Å². The zero-order chi connectivity index (χ0) is 24.5. The second-order valence-electron chi connectivity index (χ2n) is 7.24. The molecule has 178 valence electrons. The van der Waals surface area contributed by atoms with Crippen LogP contribution in [0.15, 0.2) is 36.7 Å². The normalized spacial score (nSPS) is 11.2. The van der Waals surface area contributed by atoms with Crippen molar-refractivity contribution >= 4 is 23.1 Å². The van der Waals surface area contributed by atoms with Gasteiger partial charge in [0.25, 0.3) is 0 Å². The maximum Gasteiger partial charge on any atom is 0.343 e. The fourth-order valence-electron chi connectivity index (χ4n) is 3.13. The average molecular weight is 466 g/mol. The largest absolute Gasteiger partial charge is 0.507 e. The number of nitrogens with one attached hydrogen (secondary N) is 2. The van der Waals surface area contributed by atoms with Gasteiger partial charge in [-0.15, -0.1) is 10.2 Å². The van der Waals surface area contributed by atoms with Crippen LogP contribution in [0.2, 0.25) is 0 Å². The van der Waals surface area contributed by atoms with Gasteiger partial charge in [0, 0.05) is 23.5 Å². The molecule has 0 atom stereocenters. The van der Waals surface area contributed by atoms with E-state index >= 15 is 0 Å². The Kier molecular flexibility index (Phi) is 8.27. The molecule has 0 bridgehead atoms. The van der Waals surface area contributed by atoms with Gasteiger partial charge in [-0.2, -0.15) is 5.21 Å². The van der Waals surface area contributed by atoms with Crippen molar-refractivity contribution in [3.05, 3.63) is 59.2 Å². The number of phenolic OH excluding ortho intramolecular Hbond substituents is 1. The number of nitrogens with zero attached hydrogens (tertiary/aromatic N) is 4. The number of Topliss-reactive ketones (excluding diaryl/α,β-unsaturated/α-hetero) is 1. The van der Waals surface area contributed by atoms with Crippen LogP contribution in [-0.4, -0.2) is 49.1 Å². The number of H-pyrrole nitrogens is 1. The lowest BCUT2D eigenvalue weighted by Crippen LogP contribution is -2.10. The summed E-state index contributed by atoms with van der Waals surface area (Å²) >= 11 is 0. The van der Waals surface area contributed by atoms with Crippen molar-refractivity contribution in [2.45, 2.75) is 40.2 Å². The Morgan fingerprint density at radius 2 is 2.03 bits per heavy atom. The predicted molar refractivity (Wildman–Crippen MR) is 123 cm³/mol. The Labute approximate surface area is 196 Å². The molecule has 0 radical (unpaired) electrons. The van der Waals surface area contributed by atoms with Gasteiger partial charge < -0.3 is 19.9 Å². The Morgan fingerprint density at radius 1 is 1.21 bits per heavy atom. The summed E-state index contributed by atoms with van der Waals surface area (Å²) in [6.45, 7) is 5.52. The summed E-state index contributed by atoms with van der Waals surface area (Å²) < 4.78 is 10.9.